The molecule has 2 saturated carbocycles. The molecular weight excluding hydrogens is 432 g/mol. The van der Waals surface area contributed by atoms with Crippen LogP contribution >= 0.6 is 0 Å². The Morgan fingerprint density at radius 3 is 2.74 bits per heavy atom. The van der Waals surface area contributed by atoms with Gasteiger partial charge in [0.25, 0.3) is 0 Å². The molecule has 1 aliphatic heterocycles. The van der Waals surface area contributed by atoms with Gasteiger partial charge in [0.05, 0.1) is 12.7 Å². The molecule has 0 bridgehead atoms. The molecular formula is C32H34O3. The molecule has 7 rings (SSSR count). The zero-order chi connectivity index (χ0) is 23.8. The Balaban J connectivity index is 1.23. The third-order valence-electron chi connectivity index (χ3n) is 10.3. The molecule has 0 aromatic heterocycles. The minimum Gasteiger partial charge on any atom is -0.497 e. The molecule has 4 aliphatic carbocycles. The van der Waals surface area contributed by atoms with Crippen molar-refractivity contribution in [3.63, 3.8) is 0 Å². The minimum atomic E-state index is -0.456. The summed E-state index contributed by atoms with van der Waals surface area (Å²) in [5, 5.41) is 0. The highest BCUT2D eigenvalue weighted by Crippen LogP contribution is 2.67. The van der Waals surface area contributed by atoms with Crippen LogP contribution < -0.4 is 4.74 Å². The number of hydrogen-bond donors (Lipinski definition) is 0. The van der Waals surface area contributed by atoms with Gasteiger partial charge < -0.3 is 9.47 Å². The topological polar surface area (TPSA) is 35.5 Å². The van der Waals surface area contributed by atoms with Gasteiger partial charge in [0, 0.05) is 5.41 Å². The summed E-state index contributed by atoms with van der Waals surface area (Å²) in [5.41, 5.74) is 7.01. The van der Waals surface area contributed by atoms with Crippen LogP contribution in [0.25, 0.3) is 5.57 Å². The van der Waals surface area contributed by atoms with Gasteiger partial charge in [0.2, 0.25) is 0 Å². The number of methoxy groups -OCH3 is 1. The third-order valence-corrected chi connectivity index (χ3v) is 10.3. The van der Waals surface area contributed by atoms with Crippen molar-refractivity contribution in [2.45, 2.75) is 69.8 Å². The highest BCUT2D eigenvalue weighted by atomic mass is 16.6. The molecule has 1 heterocycles. The molecule has 5 atom stereocenters. The molecule has 0 amide bonds. The molecule has 1 unspecified atom stereocenters. The van der Waals surface area contributed by atoms with Crippen LogP contribution in [0.1, 0.15) is 73.6 Å². The predicted octanol–water partition coefficient (Wildman–Crippen LogP) is 6.80. The van der Waals surface area contributed by atoms with Crippen molar-refractivity contribution < 1.29 is 14.3 Å². The summed E-state index contributed by atoms with van der Waals surface area (Å²) in [5.74, 6) is 2.73. The molecule has 0 saturated heterocycles. The molecule has 35 heavy (non-hydrogen) atoms. The number of esters is 1. The van der Waals surface area contributed by atoms with Gasteiger partial charge >= 0.3 is 5.97 Å². The van der Waals surface area contributed by atoms with E-state index in [2.05, 4.69) is 61.5 Å². The Kier molecular flexibility index (Phi) is 4.66. The molecule has 5 aliphatic rings. The number of rotatable bonds is 2. The van der Waals surface area contributed by atoms with E-state index in [0.29, 0.717) is 17.8 Å². The lowest BCUT2D eigenvalue weighted by Crippen LogP contribution is -2.50. The second-order valence-corrected chi connectivity index (χ2v) is 11.6. The molecule has 0 radical (unpaired) electrons. The van der Waals surface area contributed by atoms with Crippen molar-refractivity contribution >= 4 is 11.5 Å². The molecule has 2 aromatic rings. The molecule has 0 N–H and O–H groups in total. The number of aryl methyl sites for hydroxylation is 2. The highest BCUT2D eigenvalue weighted by Gasteiger charge is 2.65. The second kappa shape index (κ2) is 7.59. The third kappa shape index (κ3) is 2.93. The van der Waals surface area contributed by atoms with E-state index in [-0.39, 0.29) is 11.4 Å². The lowest BCUT2D eigenvalue weighted by Gasteiger charge is -2.52. The van der Waals surface area contributed by atoms with Crippen molar-refractivity contribution in [1.82, 2.24) is 0 Å². The summed E-state index contributed by atoms with van der Waals surface area (Å²) in [7, 11) is 1.75. The fraction of sp³-hybridized carbons (Fsp3) is 0.469. The van der Waals surface area contributed by atoms with E-state index >= 15 is 0 Å². The fourth-order valence-corrected chi connectivity index (χ4v) is 8.59. The quantitative estimate of drug-likeness (QED) is 0.457. The molecule has 180 valence electrons. The first-order valence-corrected chi connectivity index (χ1v) is 13.4. The van der Waals surface area contributed by atoms with Gasteiger partial charge in [-0.3, -0.25) is 0 Å². The van der Waals surface area contributed by atoms with Crippen LogP contribution in [0.3, 0.4) is 0 Å². The first-order chi connectivity index (χ1) is 17.0. The number of carbonyl (C=O) groups is 1. The van der Waals surface area contributed by atoms with E-state index in [1.54, 1.807) is 7.11 Å². The molecule has 1 spiro atoms. The lowest BCUT2D eigenvalue weighted by atomic mass is 9.53. The summed E-state index contributed by atoms with van der Waals surface area (Å²) in [4.78, 5) is 13.4. The van der Waals surface area contributed by atoms with Crippen LogP contribution in [0.4, 0.5) is 0 Å². The van der Waals surface area contributed by atoms with Crippen molar-refractivity contribution in [3.05, 3.63) is 82.4 Å². The van der Waals surface area contributed by atoms with Crippen molar-refractivity contribution in [3.8, 4) is 5.75 Å². The summed E-state index contributed by atoms with van der Waals surface area (Å²) >= 11 is 0. The van der Waals surface area contributed by atoms with Crippen molar-refractivity contribution in [1.29, 1.82) is 0 Å². The Morgan fingerprint density at radius 2 is 1.86 bits per heavy atom. The maximum Gasteiger partial charge on any atom is 0.339 e. The van der Waals surface area contributed by atoms with E-state index in [1.807, 2.05) is 0 Å². The standard InChI is InChI=1S/C32H34O3/c1-31-16-14-26-24-13-11-22(34-2)18-21(24)10-12-27(26)29(31)15-17-32(31)19-28(30(33)35-32)25-9-5-7-20-6-3-4-8-23(20)25/h3-4,6,8-9,11,13,18-19,26-27,29H,5,7,10,12,14-17H2,1-2H3/t26-,27-,29+,31+,32?/m1/s1. The number of fused-ring (bicyclic) bond motifs is 7. The highest BCUT2D eigenvalue weighted by molar-refractivity contribution is 6.09. The van der Waals surface area contributed by atoms with Gasteiger partial charge in [0.15, 0.2) is 0 Å². The summed E-state index contributed by atoms with van der Waals surface area (Å²) in [6, 6.07) is 15.2. The number of hydrogen-bond acceptors (Lipinski definition) is 3. The summed E-state index contributed by atoms with van der Waals surface area (Å²) in [6.07, 6.45) is 13.3. The van der Waals surface area contributed by atoms with Gasteiger partial charge in [0.1, 0.15) is 11.4 Å². The van der Waals surface area contributed by atoms with E-state index in [4.69, 9.17) is 9.47 Å². The van der Waals surface area contributed by atoms with Gasteiger partial charge in [-0.15, -0.1) is 0 Å². The zero-order valence-electron chi connectivity index (χ0n) is 20.8. The SMILES string of the molecule is COc1ccc2c(c1)CC[C@@H]1[C@@H]2CC[C@@]2(C)[C@H]1CCC21C=C(C2=CCCc3ccccc32)C(=O)O1. The van der Waals surface area contributed by atoms with Crippen LogP contribution in [0.5, 0.6) is 5.75 Å². The van der Waals surface area contributed by atoms with Crippen LogP contribution in [-0.4, -0.2) is 18.7 Å². The fourth-order valence-electron chi connectivity index (χ4n) is 8.59. The number of allylic oxidation sites excluding steroid dienone is 1. The monoisotopic (exact) mass is 466 g/mol. The molecule has 3 heteroatoms. The van der Waals surface area contributed by atoms with Crippen LogP contribution in [0, 0.1) is 17.3 Å². The Morgan fingerprint density at radius 1 is 0.971 bits per heavy atom. The summed E-state index contributed by atoms with van der Waals surface area (Å²) < 4.78 is 12.0. The first-order valence-electron chi connectivity index (χ1n) is 13.4. The first kappa shape index (κ1) is 21.5. The van der Waals surface area contributed by atoms with E-state index < -0.39 is 5.60 Å². The van der Waals surface area contributed by atoms with E-state index in [1.165, 1.54) is 35.1 Å². The smallest absolute Gasteiger partial charge is 0.339 e. The second-order valence-electron chi connectivity index (χ2n) is 11.6. The van der Waals surface area contributed by atoms with E-state index in [0.717, 1.165) is 55.4 Å². The lowest BCUT2D eigenvalue weighted by molar-refractivity contribution is -0.159. The number of carbonyl (C=O) groups excluding carboxylic acids is 1. The average Bonchev–Trinajstić information content (AvgIpc) is 3.38. The predicted molar refractivity (Wildman–Crippen MR) is 137 cm³/mol. The minimum absolute atomic E-state index is 0.00426. The van der Waals surface area contributed by atoms with E-state index in [9.17, 15) is 4.79 Å². The van der Waals surface area contributed by atoms with Gasteiger partial charge in [-0.1, -0.05) is 43.3 Å². The van der Waals surface area contributed by atoms with Crippen LogP contribution in [0.15, 0.2) is 60.2 Å². The molecule has 2 aromatic carbocycles. The van der Waals surface area contributed by atoms with Crippen LogP contribution in [-0.2, 0) is 22.4 Å². The van der Waals surface area contributed by atoms with Gasteiger partial charge in [-0.05, 0) is 115 Å². The zero-order valence-corrected chi connectivity index (χ0v) is 20.8. The largest absolute Gasteiger partial charge is 0.497 e. The molecule has 3 nitrogen and oxygen atoms in total. The summed E-state index contributed by atoms with van der Waals surface area (Å²) in [6.45, 7) is 2.43. The number of benzene rings is 2. The maximum absolute atomic E-state index is 13.4. The Labute approximate surface area is 208 Å². The normalized spacial score (nSPS) is 34.8. The Bertz CT molecular complexity index is 1290. The van der Waals surface area contributed by atoms with Gasteiger partial charge in [-0.25, -0.2) is 4.79 Å². The Hall–Kier alpha value is -2.81. The van der Waals surface area contributed by atoms with Crippen LogP contribution in [0.2, 0.25) is 0 Å². The van der Waals surface area contributed by atoms with Crippen molar-refractivity contribution in [2.24, 2.45) is 17.3 Å². The molecule has 2 fully saturated rings. The average molecular weight is 467 g/mol. The maximum atomic E-state index is 13.4. The van der Waals surface area contributed by atoms with Crippen molar-refractivity contribution in [2.75, 3.05) is 7.11 Å². The number of ether oxygens (including phenoxy) is 2. The van der Waals surface area contributed by atoms with Gasteiger partial charge in [-0.2, -0.15) is 0 Å².